The Morgan fingerprint density at radius 1 is 1.26 bits per heavy atom. The zero-order valence-corrected chi connectivity index (χ0v) is 13.4. The monoisotopic (exact) mass is 310 g/mol. The Bertz CT molecular complexity index is 227. The lowest BCUT2D eigenvalue weighted by Crippen LogP contribution is -2.36. The maximum atomic E-state index is 10.1. The summed E-state index contributed by atoms with van der Waals surface area (Å²) in [6.45, 7) is 3.43. The smallest absolute Gasteiger partial charge is 0.209 e. The second-order valence-corrected chi connectivity index (χ2v) is 6.12. The maximum absolute atomic E-state index is 10.1. The first-order chi connectivity index (χ1) is 8.77. The van der Waals surface area contributed by atoms with Gasteiger partial charge in [0.2, 0.25) is 6.41 Å². The fourth-order valence-electron chi connectivity index (χ4n) is 2.34. The van der Waals surface area contributed by atoms with E-state index in [0.717, 1.165) is 37.4 Å². The van der Waals surface area contributed by atoms with Gasteiger partial charge in [0, 0.05) is 37.2 Å². The molecule has 1 atom stereocenters. The molecule has 2 aliphatic rings. The summed E-state index contributed by atoms with van der Waals surface area (Å²) in [6, 6.07) is 0.652. The van der Waals surface area contributed by atoms with Crippen LogP contribution in [0.1, 0.15) is 25.7 Å². The number of thioether (sulfide) groups is 1. The van der Waals surface area contributed by atoms with Gasteiger partial charge in [-0.1, -0.05) is 6.42 Å². The number of nitrogens with zero attached hydrogens (tertiary/aromatic N) is 2. The third kappa shape index (κ3) is 8.02. The molecule has 1 N–H and O–H groups in total. The number of carbonyl (C=O) groups is 1. The predicted octanol–water partition coefficient (Wildman–Crippen LogP) is 1.47. The number of halogens is 1. The SMILES string of the molecule is CN1CCCCC1CCO.Cl.O=CN1CCSCC1. The van der Waals surface area contributed by atoms with E-state index in [1.807, 2.05) is 16.7 Å². The fourth-order valence-corrected chi connectivity index (χ4v) is 3.27. The second-order valence-electron chi connectivity index (χ2n) is 4.90. The highest BCUT2D eigenvalue weighted by molar-refractivity contribution is 7.99. The minimum absolute atomic E-state index is 0. The van der Waals surface area contributed by atoms with Crippen molar-refractivity contribution in [1.29, 1.82) is 0 Å². The highest BCUT2D eigenvalue weighted by Crippen LogP contribution is 2.16. The van der Waals surface area contributed by atoms with Crippen LogP contribution in [0, 0.1) is 0 Å². The van der Waals surface area contributed by atoms with Crippen molar-refractivity contribution in [2.45, 2.75) is 31.7 Å². The van der Waals surface area contributed by atoms with Gasteiger partial charge in [-0.15, -0.1) is 12.4 Å². The van der Waals surface area contributed by atoms with Crippen LogP contribution in [0.25, 0.3) is 0 Å². The summed E-state index contributed by atoms with van der Waals surface area (Å²) in [6.07, 6.45) is 5.83. The zero-order valence-electron chi connectivity index (χ0n) is 11.8. The van der Waals surface area contributed by atoms with E-state index < -0.39 is 0 Å². The van der Waals surface area contributed by atoms with Crippen LogP contribution in [0.3, 0.4) is 0 Å². The zero-order chi connectivity index (χ0) is 13.2. The van der Waals surface area contributed by atoms with Gasteiger partial charge in [0.25, 0.3) is 0 Å². The largest absolute Gasteiger partial charge is 0.396 e. The summed E-state index contributed by atoms with van der Waals surface area (Å²) in [5.41, 5.74) is 0. The Kier molecular flexibility index (Phi) is 11.8. The molecule has 6 heteroatoms. The van der Waals surface area contributed by atoms with Crippen molar-refractivity contribution in [1.82, 2.24) is 9.80 Å². The average Bonchev–Trinajstić information content (AvgIpc) is 2.43. The van der Waals surface area contributed by atoms with Gasteiger partial charge in [-0.2, -0.15) is 11.8 Å². The molecule has 0 saturated carbocycles. The number of hydrogen-bond acceptors (Lipinski definition) is 4. The minimum Gasteiger partial charge on any atom is -0.396 e. The highest BCUT2D eigenvalue weighted by atomic mass is 35.5. The van der Waals surface area contributed by atoms with Gasteiger partial charge in [0.1, 0.15) is 0 Å². The molecule has 1 unspecified atom stereocenters. The van der Waals surface area contributed by atoms with Crippen molar-refractivity contribution in [2.24, 2.45) is 0 Å². The summed E-state index contributed by atoms with van der Waals surface area (Å²) in [4.78, 5) is 14.3. The number of hydrogen-bond donors (Lipinski definition) is 1. The molecule has 0 aromatic rings. The van der Waals surface area contributed by atoms with Gasteiger partial charge < -0.3 is 14.9 Å². The molecule has 0 bridgehead atoms. The average molecular weight is 311 g/mol. The van der Waals surface area contributed by atoms with E-state index in [1.54, 1.807) is 0 Å². The lowest BCUT2D eigenvalue weighted by atomic mass is 10.0. The summed E-state index contributed by atoms with van der Waals surface area (Å²) < 4.78 is 0. The van der Waals surface area contributed by atoms with Crippen molar-refractivity contribution in [3.05, 3.63) is 0 Å². The van der Waals surface area contributed by atoms with Crippen LogP contribution < -0.4 is 0 Å². The Balaban J connectivity index is 0.000000331. The number of aliphatic hydroxyl groups is 1. The molecular weight excluding hydrogens is 284 g/mol. The third-order valence-corrected chi connectivity index (χ3v) is 4.52. The molecule has 0 aliphatic carbocycles. The molecule has 2 saturated heterocycles. The van der Waals surface area contributed by atoms with Crippen LogP contribution in [0.15, 0.2) is 0 Å². The molecule has 0 spiro atoms. The van der Waals surface area contributed by atoms with Crippen LogP contribution in [0.2, 0.25) is 0 Å². The molecule has 2 fully saturated rings. The Hall–Kier alpha value is 0.0300. The summed E-state index contributed by atoms with van der Waals surface area (Å²) in [7, 11) is 2.15. The summed E-state index contributed by atoms with van der Waals surface area (Å²) in [5.74, 6) is 2.22. The first-order valence-electron chi connectivity index (χ1n) is 6.86. The molecule has 0 aromatic carbocycles. The minimum atomic E-state index is 0. The molecule has 0 aromatic heterocycles. The topological polar surface area (TPSA) is 43.8 Å². The van der Waals surface area contributed by atoms with Crippen LogP contribution in [0.4, 0.5) is 0 Å². The Morgan fingerprint density at radius 2 is 1.95 bits per heavy atom. The molecule has 2 aliphatic heterocycles. The van der Waals surface area contributed by atoms with Crippen molar-refractivity contribution in [3.8, 4) is 0 Å². The maximum Gasteiger partial charge on any atom is 0.209 e. The number of piperidine rings is 1. The van der Waals surface area contributed by atoms with Gasteiger partial charge in [-0.25, -0.2) is 0 Å². The van der Waals surface area contributed by atoms with E-state index in [4.69, 9.17) is 5.11 Å². The van der Waals surface area contributed by atoms with Crippen molar-refractivity contribution in [3.63, 3.8) is 0 Å². The van der Waals surface area contributed by atoms with E-state index >= 15 is 0 Å². The first kappa shape index (κ1) is 19.0. The van der Waals surface area contributed by atoms with Crippen LogP contribution in [0.5, 0.6) is 0 Å². The lowest BCUT2D eigenvalue weighted by molar-refractivity contribution is -0.117. The lowest BCUT2D eigenvalue weighted by Gasteiger charge is -2.31. The first-order valence-corrected chi connectivity index (χ1v) is 8.01. The fraction of sp³-hybridized carbons (Fsp3) is 0.923. The number of amides is 1. The van der Waals surface area contributed by atoms with Crippen LogP contribution in [-0.2, 0) is 4.79 Å². The highest BCUT2D eigenvalue weighted by Gasteiger charge is 2.17. The molecule has 1 amide bonds. The van der Waals surface area contributed by atoms with E-state index in [1.165, 1.54) is 25.8 Å². The quantitative estimate of drug-likeness (QED) is 0.802. The molecule has 2 rings (SSSR count). The number of rotatable bonds is 3. The summed E-state index contributed by atoms with van der Waals surface area (Å²) in [5, 5.41) is 8.71. The van der Waals surface area contributed by atoms with E-state index in [-0.39, 0.29) is 12.4 Å². The van der Waals surface area contributed by atoms with Gasteiger partial charge in [0.15, 0.2) is 0 Å². The number of likely N-dealkylation sites (tertiary alicyclic amines) is 1. The molecule has 4 nitrogen and oxygen atoms in total. The Morgan fingerprint density at radius 3 is 2.42 bits per heavy atom. The normalized spacial score (nSPS) is 23.9. The van der Waals surface area contributed by atoms with Gasteiger partial charge in [0.05, 0.1) is 0 Å². The van der Waals surface area contributed by atoms with Gasteiger partial charge >= 0.3 is 0 Å². The molecule has 114 valence electrons. The standard InChI is InChI=1S/C8H17NO.C5H9NOS.ClH/c1-9-6-3-2-4-8(9)5-7-10;7-5-6-1-3-8-4-2-6;/h8,10H,2-7H2,1H3;5H,1-4H2;1H. The van der Waals surface area contributed by atoms with E-state index in [0.29, 0.717) is 12.6 Å². The third-order valence-electron chi connectivity index (χ3n) is 3.58. The molecule has 19 heavy (non-hydrogen) atoms. The van der Waals surface area contributed by atoms with Crippen molar-refractivity contribution < 1.29 is 9.90 Å². The van der Waals surface area contributed by atoms with E-state index in [9.17, 15) is 4.79 Å². The van der Waals surface area contributed by atoms with Crippen LogP contribution >= 0.6 is 24.2 Å². The molecular formula is C13H27ClN2O2S. The number of aliphatic hydroxyl groups excluding tert-OH is 1. The molecule has 0 radical (unpaired) electrons. The van der Waals surface area contributed by atoms with Crippen molar-refractivity contribution in [2.75, 3.05) is 44.8 Å². The predicted molar refractivity (Wildman–Crippen MR) is 84.2 cm³/mol. The number of carbonyl (C=O) groups excluding carboxylic acids is 1. The van der Waals surface area contributed by atoms with Crippen LogP contribution in [-0.4, -0.2) is 72.2 Å². The Labute approximate surface area is 127 Å². The van der Waals surface area contributed by atoms with Gasteiger partial charge in [-0.05, 0) is 32.9 Å². The van der Waals surface area contributed by atoms with Crippen molar-refractivity contribution >= 4 is 30.6 Å². The second kappa shape index (κ2) is 11.8. The van der Waals surface area contributed by atoms with E-state index in [2.05, 4.69) is 11.9 Å². The summed E-state index contributed by atoms with van der Waals surface area (Å²) >= 11 is 1.91. The van der Waals surface area contributed by atoms with Gasteiger partial charge in [-0.3, -0.25) is 4.79 Å². The molecule has 2 heterocycles.